The van der Waals surface area contributed by atoms with E-state index in [4.69, 9.17) is 5.73 Å². The lowest BCUT2D eigenvalue weighted by atomic mass is 10.2. The predicted octanol–water partition coefficient (Wildman–Crippen LogP) is 2.22. The number of hydrogen-bond acceptors (Lipinski definition) is 5. The molecule has 0 radical (unpaired) electrons. The van der Waals surface area contributed by atoms with E-state index in [9.17, 15) is 10.1 Å². The van der Waals surface area contributed by atoms with Gasteiger partial charge in [-0.2, -0.15) is 0 Å². The summed E-state index contributed by atoms with van der Waals surface area (Å²) in [7, 11) is 0. The first-order chi connectivity index (χ1) is 8.22. The second kappa shape index (κ2) is 5.03. The molecular formula is C11H11N3O2S. The number of thiazole rings is 1. The van der Waals surface area contributed by atoms with Crippen LogP contribution in [0, 0.1) is 10.1 Å². The van der Waals surface area contributed by atoms with Crippen LogP contribution in [0.3, 0.4) is 0 Å². The number of nitro benzene ring substituents is 1. The van der Waals surface area contributed by atoms with Crippen LogP contribution in [0.5, 0.6) is 0 Å². The maximum Gasteiger partial charge on any atom is 0.279 e. The fourth-order valence-electron chi connectivity index (χ4n) is 1.51. The van der Waals surface area contributed by atoms with Gasteiger partial charge >= 0.3 is 0 Å². The SMILES string of the molecule is NCCc1csc(-c2ccccc2[N+](=O)[O-])n1. The van der Waals surface area contributed by atoms with Crippen molar-refractivity contribution in [1.82, 2.24) is 4.98 Å². The highest BCUT2D eigenvalue weighted by Gasteiger charge is 2.16. The third-order valence-corrected chi connectivity index (χ3v) is 3.21. The molecule has 2 N–H and O–H groups in total. The Hall–Kier alpha value is -1.79. The summed E-state index contributed by atoms with van der Waals surface area (Å²) in [5.74, 6) is 0. The molecule has 17 heavy (non-hydrogen) atoms. The Balaban J connectivity index is 2.41. The van der Waals surface area contributed by atoms with E-state index in [1.165, 1.54) is 17.4 Å². The molecule has 0 spiro atoms. The van der Waals surface area contributed by atoms with Crippen LogP contribution in [0.1, 0.15) is 5.69 Å². The lowest BCUT2D eigenvalue weighted by molar-refractivity contribution is -0.384. The number of aromatic nitrogens is 1. The van der Waals surface area contributed by atoms with Gasteiger partial charge in [-0.25, -0.2) is 4.98 Å². The van der Waals surface area contributed by atoms with Crippen LogP contribution in [-0.2, 0) is 6.42 Å². The molecule has 0 bridgehead atoms. The van der Waals surface area contributed by atoms with Crippen LogP contribution in [0.25, 0.3) is 10.6 Å². The maximum atomic E-state index is 10.9. The van der Waals surface area contributed by atoms with Crippen molar-refractivity contribution in [3.63, 3.8) is 0 Å². The zero-order valence-electron chi connectivity index (χ0n) is 9.00. The van der Waals surface area contributed by atoms with E-state index in [-0.39, 0.29) is 10.6 Å². The molecule has 0 saturated carbocycles. The van der Waals surface area contributed by atoms with E-state index in [1.807, 2.05) is 5.38 Å². The zero-order chi connectivity index (χ0) is 12.3. The van der Waals surface area contributed by atoms with E-state index < -0.39 is 0 Å². The Morgan fingerprint density at radius 3 is 2.88 bits per heavy atom. The van der Waals surface area contributed by atoms with Crippen molar-refractivity contribution in [2.24, 2.45) is 5.73 Å². The molecule has 1 heterocycles. The van der Waals surface area contributed by atoms with Gasteiger partial charge in [-0.1, -0.05) is 12.1 Å². The van der Waals surface area contributed by atoms with Gasteiger partial charge in [0, 0.05) is 17.9 Å². The van der Waals surface area contributed by atoms with Gasteiger partial charge in [-0.15, -0.1) is 11.3 Å². The Morgan fingerprint density at radius 1 is 1.41 bits per heavy atom. The van der Waals surface area contributed by atoms with Crippen LogP contribution in [0.2, 0.25) is 0 Å². The van der Waals surface area contributed by atoms with Crippen molar-refractivity contribution in [1.29, 1.82) is 0 Å². The Bertz CT molecular complexity index is 539. The van der Waals surface area contributed by atoms with Crippen molar-refractivity contribution in [3.05, 3.63) is 45.5 Å². The molecule has 0 fully saturated rings. The minimum atomic E-state index is -0.390. The highest BCUT2D eigenvalue weighted by atomic mass is 32.1. The second-order valence-corrected chi connectivity index (χ2v) is 4.32. The van der Waals surface area contributed by atoms with Crippen molar-refractivity contribution >= 4 is 17.0 Å². The summed E-state index contributed by atoms with van der Waals surface area (Å²) in [5, 5.41) is 13.4. The van der Waals surface area contributed by atoms with Gasteiger partial charge in [0.15, 0.2) is 0 Å². The van der Waals surface area contributed by atoms with Gasteiger partial charge in [0.05, 0.1) is 16.2 Å². The number of nitrogens with zero attached hydrogens (tertiary/aromatic N) is 2. The molecule has 0 atom stereocenters. The Labute approximate surface area is 102 Å². The average molecular weight is 249 g/mol. The topological polar surface area (TPSA) is 82.0 Å². The van der Waals surface area contributed by atoms with Crippen LogP contribution < -0.4 is 5.73 Å². The van der Waals surface area contributed by atoms with E-state index >= 15 is 0 Å². The van der Waals surface area contributed by atoms with Gasteiger partial charge in [-0.05, 0) is 12.6 Å². The fraction of sp³-hybridized carbons (Fsp3) is 0.182. The molecule has 88 valence electrons. The van der Waals surface area contributed by atoms with Gasteiger partial charge in [-0.3, -0.25) is 10.1 Å². The first-order valence-electron chi connectivity index (χ1n) is 5.10. The molecule has 5 nitrogen and oxygen atoms in total. The van der Waals surface area contributed by atoms with E-state index in [0.29, 0.717) is 23.5 Å². The van der Waals surface area contributed by atoms with Crippen molar-refractivity contribution in [3.8, 4) is 10.6 Å². The molecular weight excluding hydrogens is 238 g/mol. The molecule has 1 aromatic heterocycles. The standard InChI is InChI=1S/C11H11N3O2S/c12-6-5-8-7-17-11(13-8)9-3-1-2-4-10(9)14(15)16/h1-4,7H,5-6,12H2. The van der Waals surface area contributed by atoms with Crippen molar-refractivity contribution in [2.75, 3.05) is 6.54 Å². The molecule has 0 amide bonds. The van der Waals surface area contributed by atoms with E-state index in [0.717, 1.165) is 5.69 Å². The number of hydrogen-bond donors (Lipinski definition) is 1. The van der Waals surface area contributed by atoms with Crippen LogP contribution in [0.15, 0.2) is 29.6 Å². The molecule has 6 heteroatoms. The van der Waals surface area contributed by atoms with Gasteiger partial charge < -0.3 is 5.73 Å². The monoisotopic (exact) mass is 249 g/mol. The molecule has 2 aromatic rings. The van der Waals surface area contributed by atoms with Crippen LogP contribution in [0.4, 0.5) is 5.69 Å². The van der Waals surface area contributed by atoms with E-state index in [2.05, 4.69) is 4.98 Å². The average Bonchev–Trinajstić information content (AvgIpc) is 2.78. The van der Waals surface area contributed by atoms with Crippen molar-refractivity contribution in [2.45, 2.75) is 6.42 Å². The molecule has 0 aliphatic heterocycles. The quantitative estimate of drug-likeness (QED) is 0.665. The summed E-state index contributed by atoms with van der Waals surface area (Å²) in [6.45, 7) is 0.528. The van der Waals surface area contributed by atoms with Gasteiger partial charge in [0.25, 0.3) is 5.69 Å². The second-order valence-electron chi connectivity index (χ2n) is 3.46. The number of benzene rings is 1. The highest BCUT2D eigenvalue weighted by molar-refractivity contribution is 7.13. The molecule has 0 unspecified atom stereocenters. The number of rotatable bonds is 4. The fourth-order valence-corrected chi connectivity index (χ4v) is 2.39. The summed E-state index contributed by atoms with van der Waals surface area (Å²) < 4.78 is 0. The first-order valence-corrected chi connectivity index (χ1v) is 5.98. The number of nitrogens with two attached hydrogens (primary N) is 1. The smallest absolute Gasteiger partial charge is 0.279 e. The van der Waals surface area contributed by atoms with Crippen molar-refractivity contribution < 1.29 is 4.92 Å². The minimum Gasteiger partial charge on any atom is -0.330 e. The summed E-state index contributed by atoms with van der Waals surface area (Å²) in [5.41, 5.74) is 6.97. The third kappa shape index (κ3) is 2.48. The Morgan fingerprint density at radius 2 is 2.18 bits per heavy atom. The predicted molar refractivity (Wildman–Crippen MR) is 67.0 cm³/mol. The molecule has 0 aliphatic carbocycles. The zero-order valence-corrected chi connectivity index (χ0v) is 9.81. The van der Waals surface area contributed by atoms with Crippen LogP contribution >= 0.6 is 11.3 Å². The normalized spacial score (nSPS) is 10.4. The number of nitro groups is 1. The lowest BCUT2D eigenvalue weighted by Gasteiger charge is -1.98. The summed E-state index contributed by atoms with van der Waals surface area (Å²) in [6.07, 6.45) is 0.692. The molecule has 1 aromatic carbocycles. The minimum absolute atomic E-state index is 0.0844. The maximum absolute atomic E-state index is 10.9. The van der Waals surface area contributed by atoms with Gasteiger partial charge in [0.1, 0.15) is 5.01 Å². The lowest BCUT2D eigenvalue weighted by Crippen LogP contribution is -2.02. The van der Waals surface area contributed by atoms with Gasteiger partial charge in [0.2, 0.25) is 0 Å². The summed E-state index contributed by atoms with van der Waals surface area (Å²) in [4.78, 5) is 14.8. The summed E-state index contributed by atoms with van der Waals surface area (Å²) in [6, 6.07) is 6.62. The van der Waals surface area contributed by atoms with E-state index in [1.54, 1.807) is 18.2 Å². The molecule has 0 saturated heterocycles. The molecule has 2 rings (SSSR count). The first kappa shape index (κ1) is 11.7. The third-order valence-electron chi connectivity index (χ3n) is 2.28. The van der Waals surface area contributed by atoms with Crippen LogP contribution in [-0.4, -0.2) is 16.5 Å². The highest BCUT2D eigenvalue weighted by Crippen LogP contribution is 2.31. The Kier molecular flexibility index (Phi) is 3.46. The largest absolute Gasteiger partial charge is 0.330 e. The molecule has 0 aliphatic rings. The number of para-hydroxylation sites is 1. The summed E-state index contributed by atoms with van der Waals surface area (Å²) >= 11 is 1.40.